The van der Waals surface area contributed by atoms with E-state index in [1.54, 1.807) is 5.51 Å². The van der Waals surface area contributed by atoms with E-state index in [4.69, 9.17) is 4.98 Å². The molecule has 0 atom stereocenters. The number of anilines is 1. The Morgan fingerprint density at radius 3 is 2.77 bits per heavy atom. The highest BCUT2D eigenvalue weighted by Crippen LogP contribution is 2.27. The maximum atomic E-state index is 12.5. The minimum atomic E-state index is -0.0850. The second-order valence-corrected chi connectivity index (χ2v) is 8.68. The number of carbonyl (C=O) groups is 1. The summed E-state index contributed by atoms with van der Waals surface area (Å²) in [6, 6.07) is 18.6. The summed E-state index contributed by atoms with van der Waals surface area (Å²) in [5.41, 5.74) is 7.38. The zero-order valence-corrected chi connectivity index (χ0v) is 18.1. The number of nitrogens with one attached hydrogen (secondary N) is 1. The van der Waals surface area contributed by atoms with Gasteiger partial charge in [0.1, 0.15) is 0 Å². The number of carbonyl (C=O) groups excluding carboxylic acids is 1. The quantitative estimate of drug-likeness (QED) is 0.462. The Kier molecular flexibility index (Phi) is 5.74. The number of likely N-dealkylation sites (tertiary alicyclic amines) is 1. The Bertz CT molecular complexity index is 1200. The van der Waals surface area contributed by atoms with Gasteiger partial charge in [-0.15, -0.1) is 11.3 Å². The van der Waals surface area contributed by atoms with Gasteiger partial charge in [0.2, 0.25) is 5.91 Å². The molecule has 0 aliphatic carbocycles. The molecule has 1 aliphatic heterocycles. The van der Waals surface area contributed by atoms with Crippen LogP contribution in [0.5, 0.6) is 0 Å². The third kappa shape index (κ3) is 4.65. The van der Waals surface area contributed by atoms with Crippen molar-refractivity contribution in [3.63, 3.8) is 0 Å². The highest BCUT2D eigenvalue weighted by Gasteiger charge is 2.13. The number of amides is 1. The minimum Gasteiger partial charge on any atom is -0.324 e. The first-order valence-electron chi connectivity index (χ1n) is 10.6. The average Bonchev–Trinajstić information content (AvgIpc) is 3.48. The van der Waals surface area contributed by atoms with Crippen LogP contribution in [0.2, 0.25) is 0 Å². The van der Waals surface area contributed by atoms with Gasteiger partial charge in [0.15, 0.2) is 0 Å². The molecule has 156 valence electrons. The smallest absolute Gasteiger partial charge is 0.230 e. The summed E-state index contributed by atoms with van der Waals surface area (Å²) in [4.78, 5) is 24.1. The largest absolute Gasteiger partial charge is 0.324 e. The van der Waals surface area contributed by atoms with Crippen LogP contribution < -0.4 is 5.32 Å². The van der Waals surface area contributed by atoms with Gasteiger partial charge in [0.05, 0.1) is 34.5 Å². The number of hydrogen-bond donors (Lipinski definition) is 1. The molecule has 0 saturated carbocycles. The third-order valence-electron chi connectivity index (χ3n) is 5.65. The number of nitrogens with zero attached hydrogens (tertiary/aromatic N) is 3. The molecule has 1 fully saturated rings. The molecule has 0 spiro atoms. The topological polar surface area (TPSA) is 58.1 Å². The molecule has 1 saturated heterocycles. The summed E-state index contributed by atoms with van der Waals surface area (Å²) in [5, 5.41) is 5.92. The predicted octanol–water partition coefficient (Wildman–Crippen LogP) is 5.14. The lowest BCUT2D eigenvalue weighted by molar-refractivity contribution is -0.115. The fourth-order valence-corrected chi connectivity index (χ4v) is 4.68. The molecule has 1 amide bonds. The number of pyridine rings is 1. The molecule has 3 heterocycles. The second kappa shape index (κ2) is 8.96. The van der Waals surface area contributed by atoms with E-state index < -0.39 is 0 Å². The number of aromatic nitrogens is 2. The Morgan fingerprint density at radius 1 is 1.06 bits per heavy atom. The molecule has 6 heteroatoms. The van der Waals surface area contributed by atoms with Crippen molar-refractivity contribution < 1.29 is 4.79 Å². The van der Waals surface area contributed by atoms with Crippen molar-refractivity contribution in [3.05, 3.63) is 76.7 Å². The number of para-hydroxylation sites is 1. The molecular formula is C25H24N4OS. The summed E-state index contributed by atoms with van der Waals surface area (Å²) in [6.07, 6.45) is 2.85. The zero-order chi connectivity index (χ0) is 21.0. The van der Waals surface area contributed by atoms with Gasteiger partial charge < -0.3 is 5.32 Å². The van der Waals surface area contributed by atoms with E-state index in [-0.39, 0.29) is 12.3 Å². The lowest BCUT2D eigenvalue weighted by atomic mass is 10.1. The molecule has 1 N–H and O–H groups in total. The first-order valence-corrected chi connectivity index (χ1v) is 11.6. The normalized spacial score (nSPS) is 14.2. The lowest BCUT2D eigenvalue weighted by Crippen LogP contribution is -2.18. The van der Waals surface area contributed by atoms with Crippen LogP contribution >= 0.6 is 11.3 Å². The van der Waals surface area contributed by atoms with E-state index in [0.717, 1.165) is 40.1 Å². The standard InChI is InChI=1S/C25H24N4OS/c30-24(14-21-16-31-17-26-21)27-23-8-4-6-19-9-10-22(28-25(19)23)20-7-3-5-18(13-20)15-29-11-1-2-12-29/h3-10,13,16-17H,1-2,11-12,14-15H2,(H,27,30). The van der Waals surface area contributed by atoms with E-state index in [1.165, 1.54) is 42.8 Å². The summed E-state index contributed by atoms with van der Waals surface area (Å²) in [6.45, 7) is 3.35. The highest BCUT2D eigenvalue weighted by atomic mass is 32.1. The van der Waals surface area contributed by atoms with Crippen LogP contribution in [0.25, 0.3) is 22.2 Å². The Labute approximate surface area is 185 Å². The molecule has 2 aromatic heterocycles. The van der Waals surface area contributed by atoms with Crippen molar-refractivity contribution in [1.29, 1.82) is 0 Å². The predicted molar refractivity (Wildman–Crippen MR) is 126 cm³/mol. The van der Waals surface area contributed by atoms with Crippen LogP contribution in [0, 0.1) is 0 Å². The number of thiazole rings is 1. The monoisotopic (exact) mass is 428 g/mol. The number of rotatable bonds is 6. The summed E-state index contributed by atoms with van der Waals surface area (Å²) >= 11 is 1.49. The first kappa shape index (κ1) is 19.8. The van der Waals surface area contributed by atoms with E-state index in [0.29, 0.717) is 0 Å². The van der Waals surface area contributed by atoms with Gasteiger partial charge in [-0.05, 0) is 49.7 Å². The Balaban J connectivity index is 1.41. The molecular weight excluding hydrogens is 404 g/mol. The van der Waals surface area contributed by atoms with Crippen molar-refractivity contribution >= 4 is 33.8 Å². The molecule has 5 rings (SSSR count). The van der Waals surface area contributed by atoms with Crippen LogP contribution in [-0.2, 0) is 17.8 Å². The average molecular weight is 429 g/mol. The van der Waals surface area contributed by atoms with Crippen LogP contribution in [0.4, 0.5) is 5.69 Å². The number of hydrogen-bond acceptors (Lipinski definition) is 5. The Hall–Kier alpha value is -3.09. The number of fused-ring (bicyclic) bond motifs is 1. The molecule has 0 bridgehead atoms. The summed E-state index contributed by atoms with van der Waals surface area (Å²) < 4.78 is 0. The third-order valence-corrected chi connectivity index (χ3v) is 6.28. The van der Waals surface area contributed by atoms with Crippen LogP contribution in [0.15, 0.2) is 65.5 Å². The molecule has 0 radical (unpaired) electrons. The van der Waals surface area contributed by atoms with Crippen molar-refractivity contribution in [2.75, 3.05) is 18.4 Å². The molecule has 2 aromatic carbocycles. The zero-order valence-electron chi connectivity index (χ0n) is 17.3. The Morgan fingerprint density at radius 2 is 1.94 bits per heavy atom. The van der Waals surface area contributed by atoms with Crippen molar-refractivity contribution in [1.82, 2.24) is 14.9 Å². The minimum absolute atomic E-state index is 0.0850. The molecule has 5 nitrogen and oxygen atoms in total. The van der Waals surface area contributed by atoms with Gasteiger partial charge in [-0.3, -0.25) is 9.69 Å². The van der Waals surface area contributed by atoms with Crippen molar-refractivity contribution in [3.8, 4) is 11.3 Å². The number of benzene rings is 2. The lowest BCUT2D eigenvalue weighted by Gasteiger charge is -2.15. The maximum absolute atomic E-state index is 12.5. The van der Waals surface area contributed by atoms with Crippen LogP contribution in [-0.4, -0.2) is 33.9 Å². The second-order valence-electron chi connectivity index (χ2n) is 7.96. The van der Waals surface area contributed by atoms with Crippen molar-refractivity contribution in [2.45, 2.75) is 25.8 Å². The molecule has 4 aromatic rings. The molecule has 31 heavy (non-hydrogen) atoms. The van der Waals surface area contributed by atoms with Gasteiger partial charge in [-0.1, -0.05) is 36.4 Å². The van der Waals surface area contributed by atoms with Crippen LogP contribution in [0.3, 0.4) is 0 Å². The summed E-state index contributed by atoms with van der Waals surface area (Å²) in [7, 11) is 0. The van der Waals surface area contributed by atoms with E-state index in [2.05, 4.69) is 51.6 Å². The summed E-state index contributed by atoms with van der Waals surface area (Å²) in [5.74, 6) is -0.0850. The fourth-order valence-electron chi connectivity index (χ4n) is 4.12. The molecule has 1 aliphatic rings. The van der Waals surface area contributed by atoms with Gasteiger partial charge in [0.25, 0.3) is 0 Å². The maximum Gasteiger partial charge on any atom is 0.230 e. The van der Waals surface area contributed by atoms with Crippen molar-refractivity contribution in [2.24, 2.45) is 0 Å². The van der Waals surface area contributed by atoms with Gasteiger partial charge in [-0.25, -0.2) is 9.97 Å². The van der Waals surface area contributed by atoms with Gasteiger partial charge in [-0.2, -0.15) is 0 Å². The van der Waals surface area contributed by atoms with Crippen LogP contribution in [0.1, 0.15) is 24.1 Å². The van der Waals surface area contributed by atoms with Gasteiger partial charge in [0, 0.05) is 22.9 Å². The first-order chi connectivity index (χ1) is 15.2. The van der Waals surface area contributed by atoms with E-state index in [1.807, 2.05) is 23.6 Å². The van der Waals surface area contributed by atoms with Gasteiger partial charge >= 0.3 is 0 Å². The molecule has 0 unspecified atom stereocenters. The fraction of sp³-hybridized carbons (Fsp3) is 0.240. The van der Waals surface area contributed by atoms with E-state index in [9.17, 15) is 4.79 Å². The highest BCUT2D eigenvalue weighted by molar-refractivity contribution is 7.07. The van der Waals surface area contributed by atoms with E-state index >= 15 is 0 Å². The SMILES string of the molecule is O=C(Cc1cscn1)Nc1cccc2ccc(-c3cccc(CN4CCCC4)c3)nc12.